The van der Waals surface area contributed by atoms with Crippen LogP contribution < -0.4 is 5.32 Å². The number of hydrogen-bond acceptors (Lipinski definition) is 3. The van der Waals surface area contributed by atoms with E-state index in [-0.39, 0.29) is 11.9 Å². The summed E-state index contributed by atoms with van der Waals surface area (Å²) in [6.45, 7) is 4.33. The fourth-order valence-corrected chi connectivity index (χ4v) is 2.47. The number of hydrogen-bond donors (Lipinski definition) is 1. The molecular weight excluding hydrogens is 252 g/mol. The minimum Gasteiger partial charge on any atom is -0.364 e. The Hall–Kier alpha value is -1.39. The normalized spacial score (nSPS) is 21.4. The Bertz CT molecular complexity index is 422. The molecule has 1 aliphatic rings. The largest absolute Gasteiger partial charge is 0.364 e. The molecule has 0 radical (unpaired) electrons. The number of carbonyl (C=O) groups is 1. The number of nitrogens with one attached hydrogen (secondary N) is 1. The lowest BCUT2D eigenvalue weighted by Crippen LogP contribution is -2.49. The standard InChI is InChI=1S/C16H24N2O2/c1-13(20-12-14-7-4-3-5-8-14)16(19)17-15-9-6-10-18(2)11-15/h3-5,7-8,13,15H,6,9-12H2,1-2H3,(H,17,19)/t13-,15-/m0/s1. The Labute approximate surface area is 121 Å². The van der Waals surface area contributed by atoms with Crippen LogP contribution in [0, 0.1) is 0 Å². The number of piperidine rings is 1. The summed E-state index contributed by atoms with van der Waals surface area (Å²) >= 11 is 0. The number of rotatable bonds is 5. The van der Waals surface area contributed by atoms with E-state index < -0.39 is 6.10 Å². The summed E-state index contributed by atoms with van der Waals surface area (Å²) in [5.74, 6) is -0.0127. The zero-order valence-corrected chi connectivity index (χ0v) is 12.3. The van der Waals surface area contributed by atoms with Crippen LogP contribution in [-0.4, -0.2) is 43.1 Å². The Balaban J connectivity index is 1.74. The molecule has 4 heteroatoms. The lowest BCUT2D eigenvalue weighted by atomic mass is 10.1. The van der Waals surface area contributed by atoms with Gasteiger partial charge in [0.25, 0.3) is 0 Å². The lowest BCUT2D eigenvalue weighted by Gasteiger charge is -2.30. The van der Waals surface area contributed by atoms with Crippen LogP contribution in [0.25, 0.3) is 0 Å². The van der Waals surface area contributed by atoms with Crippen LogP contribution in [0.3, 0.4) is 0 Å². The molecule has 1 fully saturated rings. The van der Waals surface area contributed by atoms with Gasteiger partial charge in [-0.25, -0.2) is 0 Å². The first-order valence-electron chi connectivity index (χ1n) is 7.29. The van der Waals surface area contributed by atoms with E-state index in [0.29, 0.717) is 6.61 Å². The molecule has 110 valence electrons. The van der Waals surface area contributed by atoms with Gasteiger partial charge >= 0.3 is 0 Å². The molecule has 0 aromatic heterocycles. The number of carbonyl (C=O) groups excluding carboxylic acids is 1. The van der Waals surface area contributed by atoms with Crippen LogP contribution in [0.2, 0.25) is 0 Å². The molecule has 1 N–H and O–H groups in total. The molecule has 0 bridgehead atoms. The first-order valence-corrected chi connectivity index (χ1v) is 7.29. The number of nitrogens with zero attached hydrogens (tertiary/aromatic N) is 1. The Kier molecular flexibility index (Phi) is 5.56. The van der Waals surface area contributed by atoms with Gasteiger partial charge in [0.15, 0.2) is 0 Å². The van der Waals surface area contributed by atoms with Gasteiger partial charge in [-0.1, -0.05) is 30.3 Å². The number of likely N-dealkylation sites (N-methyl/N-ethyl adjacent to an activating group) is 1. The zero-order chi connectivity index (χ0) is 14.4. The molecule has 1 aromatic rings. The van der Waals surface area contributed by atoms with E-state index in [1.54, 1.807) is 0 Å². The first kappa shape index (κ1) is 15.0. The van der Waals surface area contributed by atoms with Crippen molar-refractivity contribution in [1.82, 2.24) is 10.2 Å². The van der Waals surface area contributed by atoms with Crippen molar-refractivity contribution < 1.29 is 9.53 Å². The second-order valence-corrected chi connectivity index (χ2v) is 5.55. The topological polar surface area (TPSA) is 41.6 Å². The van der Waals surface area contributed by atoms with E-state index in [4.69, 9.17) is 4.74 Å². The summed E-state index contributed by atoms with van der Waals surface area (Å²) in [7, 11) is 2.09. The van der Waals surface area contributed by atoms with Crippen LogP contribution in [-0.2, 0) is 16.1 Å². The Morgan fingerprint density at radius 3 is 2.90 bits per heavy atom. The third-order valence-electron chi connectivity index (χ3n) is 3.68. The average molecular weight is 276 g/mol. The second kappa shape index (κ2) is 7.41. The Morgan fingerprint density at radius 2 is 2.20 bits per heavy atom. The van der Waals surface area contributed by atoms with Crippen molar-refractivity contribution in [3.05, 3.63) is 35.9 Å². The van der Waals surface area contributed by atoms with Gasteiger partial charge < -0.3 is 15.0 Å². The molecule has 1 saturated heterocycles. The van der Waals surface area contributed by atoms with Crippen LogP contribution in [0.1, 0.15) is 25.3 Å². The quantitative estimate of drug-likeness (QED) is 0.891. The van der Waals surface area contributed by atoms with Crippen molar-refractivity contribution in [2.45, 2.75) is 38.5 Å². The van der Waals surface area contributed by atoms with Gasteiger partial charge in [-0.05, 0) is 38.9 Å². The van der Waals surface area contributed by atoms with E-state index in [9.17, 15) is 4.79 Å². The zero-order valence-electron chi connectivity index (χ0n) is 12.3. The van der Waals surface area contributed by atoms with Gasteiger partial charge in [-0.2, -0.15) is 0 Å². The maximum atomic E-state index is 12.1. The highest BCUT2D eigenvalue weighted by atomic mass is 16.5. The average Bonchev–Trinajstić information content (AvgIpc) is 2.46. The molecule has 2 atom stereocenters. The smallest absolute Gasteiger partial charge is 0.249 e. The molecule has 1 amide bonds. The number of ether oxygens (including phenoxy) is 1. The minimum atomic E-state index is -0.414. The number of amides is 1. The van der Waals surface area contributed by atoms with Crippen molar-refractivity contribution in [2.24, 2.45) is 0 Å². The van der Waals surface area contributed by atoms with Crippen LogP contribution in [0.5, 0.6) is 0 Å². The Morgan fingerprint density at radius 1 is 1.45 bits per heavy atom. The minimum absolute atomic E-state index is 0.0127. The maximum absolute atomic E-state index is 12.1. The molecule has 0 aliphatic carbocycles. The van der Waals surface area contributed by atoms with Crippen molar-refractivity contribution in [3.63, 3.8) is 0 Å². The summed E-state index contributed by atoms with van der Waals surface area (Å²) in [6.07, 6.45) is 1.78. The maximum Gasteiger partial charge on any atom is 0.249 e. The van der Waals surface area contributed by atoms with Crippen molar-refractivity contribution in [3.8, 4) is 0 Å². The van der Waals surface area contributed by atoms with Gasteiger partial charge in [-0.3, -0.25) is 4.79 Å². The second-order valence-electron chi connectivity index (χ2n) is 5.55. The monoisotopic (exact) mass is 276 g/mol. The number of likely N-dealkylation sites (tertiary alicyclic amines) is 1. The summed E-state index contributed by atoms with van der Waals surface area (Å²) in [5, 5.41) is 3.08. The summed E-state index contributed by atoms with van der Waals surface area (Å²) in [4.78, 5) is 14.3. The molecule has 0 spiro atoms. The summed E-state index contributed by atoms with van der Waals surface area (Å²) in [5.41, 5.74) is 1.09. The van der Waals surface area contributed by atoms with Crippen LogP contribution >= 0.6 is 0 Å². The fraction of sp³-hybridized carbons (Fsp3) is 0.562. The summed E-state index contributed by atoms with van der Waals surface area (Å²) < 4.78 is 5.63. The van der Waals surface area contributed by atoms with Crippen LogP contribution in [0.15, 0.2) is 30.3 Å². The third-order valence-corrected chi connectivity index (χ3v) is 3.68. The predicted octanol–water partition coefficient (Wildman–Crippen LogP) is 1.80. The SMILES string of the molecule is C[C@H](OCc1ccccc1)C(=O)N[C@H]1CCCN(C)C1. The van der Waals surface area contributed by atoms with Gasteiger partial charge in [0, 0.05) is 12.6 Å². The third kappa shape index (κ3) is 4.62. The van der Waals surface area contributed by atoms with E-state index in [2.05, 4.69) is 17.3 Å². The molecule has 20 heavy (non-hydrogen) atoms. The van der Waals surface area contributed by atoms with E-state index in [0.717, 1.165) is 31.5 Å². The summed E-state index contributed by atoms with van der Waals surface area (Å²) in [6, 6.07) is 10.2. The van der Waals surface area contributed by atoms with Gasteiger partial charge in [0.2, 0.25) is 5.91 Å². The van der Waals surface area contributed by atoms with Crippen molar-refractivity contribution in [1.29, 1.82) is 0 Å². The van der Waals surface area contributed by atoms with Gasteiger partial charge in [0.05, 0.1) is 6.61 Å². The lowest BCUT2D eigenvalue weighted by molar-refractivity contribution is -0.133. The highest BCUT2D eigenvalue weighted by Crippen LogP contribution is 2.09. The van der Waals surface area contributed by atoms with Crippen LogP contribution in [0.4, 0.5) is 0 Å². The molecule has 1 heterocycles. The molecule has 1 aromatic carbocycles. The van der Waals surface area contributed by atoms with E-state index >= 15 is 0 Å². The molecular formula is C16H24N2O2. The van der Waals surface area contributed by atoms with E-state index in [1.807, 2.05) is 37.3 Å². The molecule has 2 rings (SSSR count). The van der Waals surface area contributed by atoms with Gasteiger partial charge in [0.1, 0.15) is 6.10 Å². The fourth-order valence-electron chi connectivity index (χ4n) is 2.47. The molecule has 0 saturated carbocycles. The van der Waals surface area contributed by atoms with Crippen molar-refractivity contribution in [2.75, 3.05) is 20.1 Å². The highest BCUT2D eigenvalue weighted by molar-refractivity contribution is 5.80. The molecule has 0 unspecified atom stereocenters. The predicted molar refractivity (Wildman–Crippen MR) is 79.4 cm³/mol. The van der Waals surface area contributed by atoms with E-state index in [1.165, 1.54) is 0 Å². The van der Waals surface area contributed by atoms with Crippen molar-refractivity contribution >= 4 is 5.91 Å². The number of benzene rings is 1. The highest BCUT2D eigenvalue weighted by Gasteiger charge is 2.21. The molecule has 1 aliphatic heterocycles. The first-order chi connectivity index (χ1) is 9.65. The van der Waals surface area contributed by atoms with Gasteiger partial charge in [-0.15, -0.1) is 0 Å². The molecule has 4 nitrogen and oxygen atoms in total.